The van der Waals surface area contributed by atoms with Crippen LogP contribution in [0.4, 0.5) is 10.5 Å². The van der Waals surface area contributed by atoms with E-state index in [1.54, 1.807) is 19.1 Å². The molecule has 0 aliphatic rings. The highest BCUT2D eigenvalue weighted by atomic mass is 16.5. The van der Waals surface area contributed by atoms with Crippen LogP contribution in [0.25, 0.3) is 0 Å². The van der Waals surface area contributed by atoms with Crippen LogP contribution in [0, 0.1) is 6.92 Å². The maximum atomic E-state index is 11.8. The number of carbonyl (C=O) groups excluding carboxylic acids is 2. The Balaban J connectivity index is 1.68. The lowest BCUT2D eigenvalue weighted by atomic mass is 10.2. The third-order valence-corrected chi connectivity index (χ3v) is 3.24. The number of amides is 2. The molecule has 0 unspecified atom stereocenters. The number of aromatic nitrogens is 2. The fraction of sp³-hybridized carbons (Fsp3) is 0.375. The van der Waals surface area contributed by atoms with E-state index < -0.39 is 6.09 Å². The van der Waals surface area contributed by atoms with Gasteiger partial charge in [0.25, 0.3) is 0 Å². The van der Waals surface area contributed by atoms with Gasteiger partial charge in [0.05, 0.1) is 7.11 Å². The van der Waals surface area contributed by atoms with Crippen molar-refractivity contribution in [1.29, 1.82) is 0 Å². The average Bonchev–Trinajstić information content (AvgIpc) is 2.99. The molecule has 0 saturated carbocycles. The third-order valence-electron chi connectivity index (χ3n) is 3.24. The molecule has 128 valence electrons. The van der Waals surface area contributed by atoms with Crippen molar-refractivity contribution in [2.24, 2.45) is 0 Å². The minimum atomic E-state index is -0.521. The predicted octanol–water partition coefficient (Wildman–Crippen LogP) is 2.20. The first-order chi connectivity index (χ1) is 11.6. The van der Waals surface area contributed by atoms with Crippen molar-refractivity contribution in [3.05, 3.63) is 41.5 Å². The lowest BCUT2D eigenvalue weighted by molar-refractivity contribution is -0.121. The normalized spacial score (nSPS) is 10.2. The number of ether oxygens (including phenoxy) is 1. The van der Waals surface area contributed by atoms with E-state index >= 15 is 0 Å². The van der Waals surface area contributed by atoms with Crippen LogP contribution in [0.3, 0.4) is 0 Å². The Labute approximate surface area is 139 Å². The van der Waals surface area contributed by atoms with Gasteiger partial charge in [-0.2, -0.15) is 4.98 Å². The maximum absolute atomic E-state index is 11.8. The van der Waals surface area contributed by atoms with Crippen LogP contribution in [0.2, 0.25) is 0 Å². The van der Waals surface area contributed by atoms with Gasteiger partial charge in [-0.1, -0.05) is 17.3 Å². The fourth-order valence-electron chi connectivity index (χ4n) is 2.01. The topological polar surface area (TPSA) is 106 Å². The zero-order chi connectivity index (χ0) is 17.4. The van der Waals surface area contributed by atoms with Gasteiger partial charge in [-0.05, 0) is 31.0 Å². The van der Waals surface area contributed by atoms with Gasteiger partial charge in [0.15, 0.2) is 5.82 Å². The number of methoxy groups -OCH3 is 1. The highest BCUT2D eigenvalue weighted by Gasteiger charge is 2.06. The van der Waals surface area contributed by atoms with Crippen LogP contribution in [0.15, 0.2) is 28.8 Å². The smallest absolute Gasteiger partial charge is 0.411 e. The number of hydrogen-bond acceptors (Lipinski definition) is 6. The highest BCUT2D eigenvalue weighted by Crippen LogP contribution is 2.10. The van der Waals surface area contributed by atoms with Crippen molar-refractivity contribution in [1.82, 2.24) is 15.5 Å². The quantitative estimate of drug-likeness (QED) is 0.805. The zero-order valence-corrected chi connectivity index (χ0v) is 13.7. The van der Waals surface area contributed by atoms with Crippen LogP contribution in [-0.4, -0.2) is 29.3 Å². The monoisotopic (exact) mass is 332 g/mol. The summed E-state index contributed by atoms with van der Waals surface area (Å²) in [4.78, 5) is 27.0. The molecule has 1 aromatic heterocycles. The second-order valence-corrected chi connectivity index (χ2v) is 5.18. The standard InChI is InChI=1S/C16H20N4O4/c1-11-18-15(24-20-11)5-3-4-14(21)17-10-12-6-8-13(9-7-12)19-16(22)23-2/h6-9H,3-5,10H2,1-2H3,(H,17,21)(H,19,22). The summed E-state index contributed by atoms with van der Waals surface area (Å²) < 4.78 is 9.50. The van der Waals surface area contributed by atoms with Gasteiger partial charge in [0.1, 0.15) is 0 Å². The van der Waals surface area contributed by atoms with Crippen molar-refractivity contribution >= 4 is 17.7 Å². The molecule has 1 aromatic carbocycles. The summed E-state index contributed by atoms with van der Waals surface area (Å²) in [6, 6.07) is 7.15. The summed E-state index contributed by atoms with van der Waals surface area (Å²) in [5, 5.41) is 9.10. The fourth-order valence-corrected chi connectivity index (χ4v) is 2.01. The van der Waals surface area contributed by atoms with Crippen LogP contribution in [0.1, 0.15) is 30.1 Å². The molecular weight excluding hydrogens is 312 g/mol. The van der Waals surface area contributed by atoms with Crippen LogP contribution < -0.4 is 10.6 Å². The van der Waals surface area contributed by atoms with Crippen molar-refractivity contribution in [3.8, 4) is 0 Å². The van der Waals surface area contributed by atoms with Gasteiger partial charge < -0.3 is 14.6 Å². The van der Waals surface area contributed by atoms with Gasteiger partial charge >= 0.3 is 6.09 Å². The van der Waals surface area contributed by atoms with E-state index in [2.05, 4.69) is 25.5 Å². The van der Waals surface area contributed by atoms with E-state index in [1.165, 1.54) is 7.11 Å². The summed E-state index contributed by atoms with van der Waals surface area (Å²) >= 11 is 0. The number of benzene rings is 1. The van der Waals surface area contributed by atoms with Crippen molar-refractivity contribution in [2.75, 3.05) is 12.4 Å². The van der Waals surface area contributed by atoms with Crippen molar-refractivity contribution < 1.29 is 18.8 Å². The Bertz CT molecular complexity index is 682. The first-order valence-electron chi connectivity index (χ1n) is 7.56. The molecule has 1 heterocycles. The molecule has 0 aliphatic carbocycles. The molecule has 2 N–H and O–H groups in total. The maximum Gasteiger partial charge on any atom is 0.411 e. The van der Waals surface area contributed by atoms with E-state index in [0.717, 1.165) is 5.56 Å². The second kappa shape index (κ2) is 8.66. The van der Waals surface area contributed by atoms with Gasteiger partial charge in [-0.25, -0.2) is 4.79 Å². The molecule has 2 amide bonds. The molecule has 0 atom stereocenters. The number of anilines is 1. The molecule has 0 bridgehead atoms. The molecule has 2 rings (SSSR count). The van der Waals surface area contributed by atoms with Crippen LogP contribution in [0.5, 0.6) is 0 Å². The Morgan fingerprint density at radius 1 is 1.25 bits per heavy atom. The lowest BCUT2D eigenvalue weighted by Crippen LogP contribution is -2.22. The Hall–Kier alpha value is -2.90. The molecule has 0 saturated heterocycles. The molecule has 2 aromatic rings. The van der Waals surface area contributed by atoms with E-state index in [4.69, 9.17) is 4.52 Å². The number of aryl methyl sites for hydroxylation is 2. The molecule has 8 nitrogen and oxygen atoms in total. The van der Waals surface area contributed by atoms with E-state index in [0.29, 0.717) is 43.2 Å². The molecule has 24 heavy (non-hydrogen) atoms. The molecule has 0 radical (unpaired) electrons. The third kappa shape index (κ3) is 5.71. The van der Waals surface area contributed by atoms with Gasteiger partial charge in [0.2, 0.25) is 11.8 Å². The van der Waals surface area contributed by atoms with Crippen molar-refractivity contribution in [3.63, 3.8) is 0 Å². The van der Waals surface area contributed by atoms with Crippen LogP contribution in [-0.2, 0) is 22.5 Å². The van der Waals surface area contributed by atoms with E-state index in [9.17, 15) is 9.59 Å². The summed E-state index contributed by atoms with van der Waals surface area (Å²) in [6.07, 6.45) is 1.11. The molecule has 0 fully saturated rings. The summed E-state index contributed by atoms with van der Waals surface area (Å²) in [6.45, 7) is 2.18. The number of carbonyl (C=O) groups is 2. The molecule has 0 aliphatic heterocycles. The Morgan fingerprint density at radius 3 is 2.62 bits per heavy atom. The number of rotatable bonds is 7. The zero-order valence-electron chi connectivity index (χ0n) is 13.7. The minimum absolute atomic E-state index is 0.0389. The van der Waals surface area contributed by atoms with E-state index in [1.807, 2.05) is 12.1 Å². The first-order valence-corrected chi connectivity index (χ1v) is 7.56. The minimum Gasteiger partial charge on any atom is -0.453 e. The number of nitrogens with zero attached hydrogens (tertiary/aromatic N) is 2. The van der Waals surface area contributed by atoms with Gasteiger partial charge in [-0.3, -0.25) is 10.1 Å². The average molecular weight is 332 g/mol. The van der Waals surface area contributed by atoms with Crippen LogP contribution >= 0.6 is 0 Å². The molecule has 0 spiro atoms. The summed E-state index contributed by atoms with van der Waals surface area (Å²) in [5.41, 5.74) is 1.57. The van der Waals surface area contributed by atoms with Crippen molar-refractivity contribution in [2.45, 2.75) is 32.7 Å². The molecular formula is C16H20N4O4. The summed E-state index contributed by atoms with van der Waals surface area (Å²) in [5.74, 6) is 1.11. The lowest BCUT2D eigenvalue weighted by Gasteiger charge is -2.07. The number of hydrogen-bond donors (Lipinski definition) is 2. The molecule has 8 heteroatoms. The Morgan fingerprint density at radius 2 is 2.00 bits per heavy atom. The predicted molar refractivity (Wildman–Crippen MR) is 86.3 cm³/mol. The SMILES string of the molecule is COC(=O)Nc1ccc(CNC(=O)CCCc2nc(C)no2)cc1. The number of nitrogens with one attached hydrogen (secondary N) is 2. The highest BCUT2D eigenvalue weighted by molar-refractivity contribution is 5.84. The Kier molecular flexibility index (Phi) is 6.30. The van der Waals surface area contributed by atoms with Gasteiger partial charge in [-0.15, -0.1) is 0 Å². The van der Waals surface area contributed by atoms with E-state index in [-0.39, 0.29) is 5.91 Å². The largest absolute Gasteiger partial charge is 0.453 e. The first kappa shape index (κ1) is 17.5. The van der Waals surface area contributed by atoms with Gasteiger partial charge in [0, 0.05) is 25.1 Å². The summed E-state index contributed by atoms with van der Waals surface area (Å²) in [7, 11) is 1.30. The second-order valence-electron chi connectivity index (χ2n) is 5.18.